The first kappa shape index (κ1) is 19.7. The molecule has 1 heterocycles. The van der Waals surface area contributed by atoms with Gasteiger partial charge in [-0.2, -0.15) is 0 Å². The fraction of sp³-hybridized carbons (Fsp3) is 0.0476. The fourth-order valence-electron chi connectivity index (χ4n) is 2.46. The molecule has 2 aromatic carbocycles. The normalized spacial score (nSPS) is 10.8. The Morgan fingerprint density at radius 2 is 1.61 bits per heavy atom. The van der Waals surface area contributed by atoms with Gasteiger partial charge in [0, 0.05) is 29.9 Å². The first-order chi connectivity index (χ1) is 13.4. The summed E-state index contributed by atoms with van der Waals surface area (Å²) >= 11 is 12.2. The Kier molecular flexibility index (Phi) is 6.19. The van der Waals surface area contributed by atoms with Crippen molar-refractivity contribution in [1.29, 1.82) is 0 Å². The van der Waals surface area contributed by atoms with Crippen LogP contribution in [-0.4, -0.2) is 11.8 Å². The number of hydrogen-bond acceptors (Lipinski definition) is 3. The molecular weight excluding hydrogens is 399 g/mol. The molecule has 0 saturated carbocycles. The minimum Gasteiger partial charge on any atom is -0.457 e. The summed E-state index contributed by atoms with van der Waals surface area (Å²) in [6, 6.07) is 15.6. The summed E-state index contributed by atoms with van der Waals surface area (Å²) in [4.78, 5) is 23.1. The van der Waals surface area contributed by atoms with E-state index in [-0.39, 0.29) is 11.8 Å². The van der Waals surface area contributed by atoms with Crippen molar-refractivity contribution in [3.63, 3.8) is 0 Å². The smallest absolute Gasteiger partial charge is 0.248 e. The van der Waals surface area contributed by atoms with Gasteiger partial charge in [-0.15, -0.1) is 0 Å². The molecule has 7 heteroatoms. The lowest BCUT2D eigenvalue weighted by atomic mass is 10.2. The van der Waals surface area contributed by atoms with E-state index in [0.29, 0.717) is 38.5 Å². The molecule has 28 heavy (non-hydrogen) atoms. The zero-order valence-electron chi connectivity index (χ0n) is 14.8. The van der Waals surface area contributed by atoms with Crippen molar-refractivity contribution >= 4 is 52.5 Å². The van der Waals surface area contributed by atoms with Crippen LogP contribution in [0.5, 0.6) is 0 Å². The Morgan fingerprint density at radius 3 is 2.29 bits per heavy atom. The molecule has 0 atom stereocenters. The van der Waals surface area contributed by atoms with Crippen molar-refractivity contribution in [2.75, 3.05) is 10.6 Å². The van der Waals surface area contributed by atoms with Gasteiger partial charge in [-0.1, -0.05) is 29.3 Å². The van der Waals surface area contributed by atoms with Crippen LogP contribution < -0.4 is 10.6 Å². The lowest BCUT2D eigenvalue weighted by Crippen LogP contribution is -2.08. The summed E-state index contributed by atoms with van der Waals surface area (Å²) in [7, 11) is 0. The number of hydrogen-bond donors (Lipinski definition) is 2. The number of amides is 2. The second-order valence-corrected chi connectivity index (χ2v) is 6.67. The second kappa shape index (κ2) is 8.78. The maximum Gasteiger partial charge on any atom is 0.248 e. The first-order valence-corrected chi connectivity index (χ1v) is 9.09. The maximum absolute atomic E-state index is 12.1. The third-order valence-electron chi connectivity index (χ3n) is 3.72. The molecule has 0 radical (unpaired) electrons. The van der Waals surface area contributed by atoms with E-state index in [2.05, 4.69) is 10.6 Å². The van der Waals surface area contributed by atoms with Crippen molar-refractivity contribution < 1.29 is 14.0 Å². The average Bonchev–Trinajstić information content (AvgIpc) is 3.12. The van der Waals surface area contributed by atoms with E-state index in [1.807, 2.05) is 0 Å². The van der Waals surface area contributed by atoms with E-state index in [9.17, 15) is 9.59 Å². The van der Waals surface area contributed by atoms with Gasteiger partial charge in [-0.05, 0) is 54.6 Å². The van der Waals surface area contributed by atoms with E-state index in [0.717, 1.165) is 0 Å². The van der Waals surface area contributed by atoms with E-state index in [1.165, 1.54) is 13.0 Å². The average molecular weight is 415 g/mol. The molecule has 0 aliphatic carbocycles. The number of carbonyl (C=O) groups is 2. The van der Waals surface area contributed by atoms with Crippen LogP contribution in [0.2, 0.25) is 10.0 Å². The van der Waals surface area contributed by atoms with Crippen molar-refractivity contribution in [3.8, 4) is 11.3 Å². The van der Waals surface area contributed by atoms with Gasteiger partial charge in [-0.25, -0.2) is 0 Å². The molecule has 0 spiro atoms. The molecule has 142 valence electrons. The van der Waals surface area contributed by atoms with Gasteiger partial charge in [0.1, 0.15) is 11.5 Å². The van der Waals surface area contributed by atoms with Crippen LogP contribution in [0.4, 0.5) is 11.4 Å². The predicted molar refractivity (Wildman–Crippen MR) is 113 cm³/mol. The SMILES string of the molecule is CC(=O)Nc1ccc(NC(=O)C=Cc2ccc(-c3cccc(Cl)c3Cl)o2)cc1. The molecule has 2 amide bonds. The number of rotatable bonds is 5. The maximum atomic E-state index is 12.1. The van der Waals surface area contributed by atoms with Crippen LogP contribution in [0, 0.1) is 0 Å². The quantitative estimate of drug-likeness (QED) is 0.513. The van der Waals surface area contributed by atoms with Gasteiger partial charge >= 0.3 is 0 Å². The van der Waals surface area contributed by atoms with Gasteiger partial charge in [0.15, 0.2) is 0 Å². The van der Waals surface area contributed by atoms with Crippen molar-refractivity contribution in [2.45, 2.75) is 6.92 Å². The molecule has 0 saturated heterocycles. The molecule has 5 nitrogen and oxygen atoms in total. The number of nitrogens with one attached hydrogen (secondary N) is 2. The Morgan fingerprint density at radius 1 is 0.929 bits per heavy atom. The lowest BCUT2D eigenvalue weighted by Gasteiger charge is -2.05. The minimum atomic E-state index is -0.314. The van der Waals surface area contributed by atoms with Crippen molar-refractivity contribution in [3.05, 3.63) is 76.5 Å². The third kappa shape index (κ3) is 5.03. The number of halogens is 2. The highest BCUT2D eigenvalue weighted by atomic mass is 35.5. The standard InChI is InChI=1S/C21H16Cl2N2O3/c1-13(26)24-14-5-7-15(8-6-14)25-20(27)12-10-16-9-11-19(28-16)17-3-2-4-18(22)21(17)23/h2-12H,1H3,(H,24,26)(H,25,27). The Hall–Kier alpha value is -3.02. The van der Waals surface area contributed by atoms with E-state index in [4.69, 9.17) is 27.6 Å². The summed E-state index contributed by atoms with van der Waals surface area (Å²) in [6.45, 7) is 1.43. The minimum absolute atomic E-state index is 0.156. The summed E-state index contributed by atoms with van der Waals surface area (Å²) in [5.74, 6) is 0.589. The number of carbonyl (C=O) groups excluding carboxylic acids is 2. The van der Waals surface area contributed by atoms with Gasteiger partial charge in [0.2, 0.25) is 11.8 Å². The van der Waals surface area contributed by atoms with Gasteiger partial charge in [0.25, 0.3) is 0 Å². The van der Waals surface area contributed by atoms with Crippen LogP contribution in [0.3, 0.4) is 0 Å². The zero-order chi connectivity index (χ0) is 20.1. The highest BCUT2D eigenvalue weighted by Crippen LogP contribution is 2.34. The van der Waals surface area contributed by atoms with Crippen molar-refractivity contribution in [1.82, 2.24) is 0 Å². The monoisotopic (exact) mass is 414 g/mol. The predicted octanol–water partition coefficient (Wildman–Crippen LogP) is 5.86. The Bertz CT molecular complexity index is 1040. The summed E-state index contributed by atoms with van der Waals surface area (Å²) in [5.41, 5.74) is 1.94. The molecule has 1 aromatic heterocycles. The highest BCUT2D eigenvalue weighted by Gasteiger charge is 2.10. The lowest BCUT2D eigenvalue weighted by molar-refractivity contribution is -0.114. The molecule has 0 unspecified atom stereocenters. The van der Waals surface area contributed by atoms with Crippen LogP contribution in [0.1, 0.15) is 12.7 Å². The summed E-state index contributed by atoms with van der Waals surface area (Å²) in [6.07, 6.45) is 2.92. The molecular formula is C21H16Cl2N2O3. The van der Waals surface area contributed by atoms with E-state index >= 15 is 0 Å². The first-order valence-electron chi connectivity index (χ1n) is 8.33. The van der Waals surface area contributed by atoms with Gasteiger partial charge < -0.3 is 15.1 Å². The Balaban J connectivity index is 1.64. The van der Waals surface area contributed by atoms with Crippen LogP contribution in [-0.2, 0) is 9.59 Å². The Labute approximate surface area is 172 Å². The molecule has 0 fully saturated rings. The van der Waals surface area contributed by atoms with Crippen LogP contribution >= 0.6 is 23.2 Å². The van der Waals surface area contributed by atoms with Crippen molar-refractivity contribution in [2.24, 2.45) is 0 Å². The zero-order valence-corrected chi connectivity index (χ0v) is 16.3. The topological polar surface area (TPSA) is 71.3 Å². The van der Waals surface area contributed by atoms with Gasteiger partial charge in [-0.3, -0.25) is 9.59 Å². The number of anilines is 2. The molecule has 3 aromatic rings. The molecule has 0 aliphatic heterocycles. The van der Waals surface area contributed by atoms with Crippen LogP contribution in [0.15, 0.2) is 65.1 Å². The largest absolute Gasteiger partial charge is 0.457 e. The highest BCUT2D eigenvalue weighted by molar-refractivity contribution is 6.43. The number of furan rings is 1. The molecule has 3 rings (SSSR count). The van der Waals surface area contributed by atoms with E-state index < -0.39 is 0 Å². The summed E-state index contributed by atoms with van der Waals surface area (Å²) < 4.78 is 5.71. The molecule has 2 N–H and O–H groups in total. The van der Waals surface area contributed by atoms with E-state index in [1.54, 1.807) is 60.7 Å². The van der Waals surface area contributed by atoms with Crippen LogP contribution in [0.25, 0.3) is 17.4 Å². The summed E-state index contributed by atoms with van der Waals surface area (Å²) in [5, 5.41) is 6.24. The fourth-order valence-corrected chi connectivity index (χ4v) is 2.86. The third-order valence-corrected chi connectivity index (χ3v) is 4.53. The molecule has 0 bridgehead atoms. The number of benzene rings is 2. The second-order valence-electron chi connectivity index (χ2n) is 5.88. The van der Waals surface area contributed by atoms with Gasteiger partial charge in [0.05, 0.1) is 10.0 Å². The molecule has 0 aliphatic rings.